The second-order valence-electron chi connectivity index (χ2n) is 11.4. The molecular weight excluding hydrogens is 532 g/mol. The zero-order valence-corrected chi connectivity index (χ0v) is 24.1. The molecule has 0 aliphatic carbocycles. The Balaban J connectivity index is 1.29. The van der Waals surface area contributed by atoms with Crippen molar-refractivity contribution in [1.29, 1.82) is 0 Å². The van der Waals surface area contributed by atoms with Crippen molar-refractivity contribution in [2.45, 2.75) is 0 Å². The number of nitrogens with zero attached hydrogens (tertiary/aromatic N) is 2. The molecule has 0 atom stereocenters. The van der Waals surface area contributed by atoms with Crippen LogP contribution in [0.5, 0.6) is 0 Å². The van der Waals surface area contributed by atoms with E-state index in [4.69, 9.17) is 0 Å². The second-order valence-corrected chi connectivity index (χ2v) is 11.4. The van der Waals surface area contributed by atoms with Crippen LogP contribution in [0.4, 0.5) is 0 Å². The molecule has 2 nitrogen and oxygen atoms in total. The van der Waals surface area contributed by atoms with Gasteiger partial charge in [-0.05, 0) is 70.8 Å². The van der Waals surface area contributed by atoms with Crippen molar-refractivity contribution < 1.29 is 0 Å². The van der Waals surface area contributed by atoms with Gasteiger partial charge in [0.1, 0.15) is 0 Å². The summed E-state index contributed by atoms with van der Waals surface area (Å²) in [6.45, 7) is 0. The molecule has 9 rings (SSSR count). The molecule has 0 N–H and O–H groups in total. The number of hydrogen-bond donors (Lipinski definition) is 0. The molecule has 0 unspecified atom stereocenters. The average Bonchev–Trinajstić information content (AvgIpc) is 3.60. The topological polar surface area (TPSA) is 9.86 Å². The van der Waals surface area contributed by atoms with E-state index in [2.05, 4.69) is 179 Å². The van der Waals surface area contributed by atoms with Crippen molar-refractivity contribution in [2.24, 2.45) is 0 Å². The van der Waals surface area contributed by atoms with Crippen LogP contribution in [0.3, 0.4) is 0 Å². The molecule has 0 saturated carbocycles. The van der Waals surface area contributed by atoms with Gasteiger partial charge >= 0.3 is 0 Å². The van der Waals surface area contributed by atoms with Crippen molar-refractivity contribution in [3.8, 4) is 33.6 Å². The molecule has 0 amide bonds. The quantitative estimate of drug-likeness (QED) is 0.203. The van der Waals surface area contributed by atoms with Crippen LogP contribution < -0.4 is 0 Å². The number of benzene rings is 7. The first-order valence-electron chi connectivity index (χ1n) is 15.1. The van der Waals surface area contributed by atoms with Crippen LogP contribution in [0.25, 0.3) is 77.2 Å². The molecule has 0 bridgehead atoms. The predicted molar refractivity (Wildman–Crippen MR) is 186 cm³/mol. The summed E-state index contributed by atoms with van der Waals surface area (Å²) in [4.78, 5) is 0. The fourth-order valence-electron chi connectivity index (χ4n) is 6.85. The first kappa shape index (κ1) is 24.7. The SMILES string of the molecule is c1ccc(-c2ccc(-n3c4ccccc4c4cc5c6ccccc6n(-c6ccc(-c7ccccc7)cc6)c5cc43)cc2)cc1. The molecule has 2 heterocycles. The standard InChI is InChI=1S/C42H28N2/c1-3-11-29(12-4-1)31-19-23-33(24-20-31)43-39-17-9-7-15-35(39)37-27-38-36-16-8-10-18-40(36)44(42(38)28-41(37)43)34-25-21-32(22-26-34)30-13-5-2-6-14-30/h1-28H. The molecule has 0 aliphatic heterocycles. The zero-order chi connectivity index (χ0) is 29.0. The van der Waals surface area contributed by atoms with Gasteiger partial charge in [-0.2, -0.15) is 0 Å². The van der Waals surface area contributed by atoms with E-state index in [1.807, 2.05) is 0 Å². The number of para-hydroxylation sites is 2. The molecule has 2 aromatic heterocycles. The van der Waals surface area contributed by atoms with Gasteiger partial charge in [0.2, 0.25) is 0 Å². The summed E-state index contributed by atoms with van der Waals surface area (Å²) in [6, 6.07) is 61.4. The molecule has 44 heavy (non-hydrogen) atoms. The number of fused-ring (bicyclic) bond motifs is 6. The fraction of sp³-hybridized carbons (Fsp3) is 0. The molecule has 206 valence electrons. The summed E-state index contributed by atoms with van der Waals surface area (Å²) in [7, 11) is 0. The number of aromatic nitrogens is 2. The number of hydrogen-bond acceptors (Lipinski definition) is 0. The fourth-order valence-corrected chi connectivity index (χ4v) is 6.85. The number of rotatable bonds is 4. The first-order valence-corrected chi connectivity index (χ1v) is 15.1. The molecule has 9 aromatic rings. The van der Waals surface area contributed by atoms with E-state index in [9.17, 15) is 0 Å². The normalized spacial score (nSPS) is 11.6. The lowest BCUT2D eigenvalue weighted by molar-refractivity contribution is 1.16. The molecule has 0 fully saturated rings. The minimum Gasteiger partial charge on any atom is -0.309 e. The van der Waals surface area contributed by atoms with Crippen LogP contribution in [0.1, 0.15) is 0 Å². The van der Waals surface area contributed by atoms with Crippen LogP contribution in [0.15, 0.2) is 170 Å². The lowest BCUT2D eigenvalue weighted by Crippen LogP contribution is -1.96. The summed E-state index contributed by atoms with van der Waals surface area (Å²) in [5, 5.41) is 5.06. The molecule has 0 spiro atoms. The van der Waals surface area contributed by atoms with Crippen LogP contribution in [0, 0.1) is 0 Å². The summed E-state index contributed by atoms with van der Waals surface area (Å²) in [6.07, 6.45) is 0. The molecule has 0 saturated heterocycles. The molecular formula is C42H28N2. The van der Waals surface area contributed by atoms with Crippen molar-refractivity contribution in [3.63, 3.8) is 0 Å². The van der Waals surface area contributed by atoms with Crippen LogP contribution in [0.2, 0.25) is 0 Å². The Morgan fingerprint density at radius 1 is 0.250 bits per heavy atom. The maximum absolute atomic E-state index is 2.42. The van der Waals surface area contributed by atoms with E-state index in [0.717, 1.165) is 11.4 Å². The maximum atomic E-state index is 2.42. The van der Waals surface area contributed by atoms with Gasteiger partial charge < -0.3 is 9.13 Å². The van der Waals surface area contributed by atoms with Gasteiger partial charge in [-0.25, -0.2) is 0 Å². The lowest BCUT2D eigenvalue weighted by atomic mass is 10.1. The second kappa shape index (κ2) is 9.86. The highest BCUT2D eigenvalue weighted by Crippen LogP contribution is 2.40. The Hall–Kier alpha value is -5.86. The van der Waals surface area contributed by atoms with Crippen molar-refractivity contribution in [1.82, 2.24) is 9.13 Å². The van der Waals surface area contributed by atoms with Crippen LogP contribution in [-0.2, 0) is 0 Å². The molecule has 0 aliphatic rings. The van der Waals surface area contributed by atoms with Gasteiger partial charge in [0.05, 0.1) is 22.1 Å². The third-order valence-electron chi connectivity index (χ3n) is 8.93. The average molecular weight is 561 g/mol. The lowest BCUT2D eigenvalue weighted by Gasteiger charge is -2.11. The van der Waals surface area contributed by atoms with E-state index >= 15 is 0 Å². The van der Waals surface area contributed by atoms with Gasteiger partial charge in [-0.15, -0.1) is 0 Å². The van der Waals surface area contributed by atoms with Gasteiger partial charge in [-0.1, -0.05) is 121 Å². The molecule has 2 heteroatoms. The summed E-state index contributed by atoms with van der Waals surface area (Å²) >= 11 is 0. The maximum Gasteiger partial charge on any atom is 0.0562 e. The Labute approximate surface area is 255 Å². The minimum absolute atomic E-state index is 1.16. The van der Waals surface area contributed by atoms with Gasteiger partial charge in [-0.3, -0.25) is 0 Å². The van der Waals surface area contributed by atoms with E-state index in [1.165, 1.54) is 65.9 Å². The summed E-state index contributed by atoms with van der Waals surface area (Å²) in [5.41, 5.74) is 12.0. The van der Waals surface area contributed by atoms with Crippen molar-refractivity contribution >= 4 is 43.6 Å². The Morgan fingerprint density at radius 3 is 1.05 bits per heavy atom. The van der Waals surface area contributed by atoms with Crippen molar-refractivity contribution in [3.05, 3.63) is 170 Å². The summed E-state index contributed by atoms with van der Waals surface area (Å²) < 4.78 is 4.83. The van der Waals surface area contributed by atoms with E-state index in [0.29, 0.717) is 0 Å². The van der Waals surface area contributed by atoms with Crippen LogP contribution >= 0.6 is 0 Å². The van der Waals surface area contributed by atoms with E-state index < -0.39 is 0 Å². The van der Waals surface area contributed by atoms with Crippen LogP contribution in [-0.4, -0.2) is 9.13 Å². The third kappa shape index (κ3) is 3.82. The summed E-state index contributed by atoms with van der Waals surface area (Å²) in [5.74, 6) is 0. The smallest absolute Gasteiger partial charge is 0.0562 e. The Morgan fingerprint density at radius 2 is 0.614 bits per heavy atom. The molecule has 0 radical (unpaired) electrons. The van der Waals surface area contributed by atoms with Gasteiger partial charge in [0.15, 0.2) is 0 Å². The Bertz CT molecular complexity index is 2270. The predicted octanol–water partition coefficient (Wildman–Crippen LogP) is 11.2. The van der Waals surface area contributed by atoms with E-state index in [1.54, 1.807) is 0 Å². The van der Waals surface area contributed by atoms with E-state index in [-0.39, 0.29) is 0 Å². The monoisotopic (exact) mass is 560 g/mol. The van der Waals surface area contributed by atoms with Gasteiger partial charge in [0.25, 0.3) is 0 Å². The zero-order valence-electron chi connectivity index (χ0n) is 24.1. The largest absolute Gasteiger partial charge is 0.309 e. The van der Waals surface area contributed by atoms with Crippen molar-refractivity contribution in [2.75, 3.05) is 0 Å². The van der Waals surface area contributed by atoms with Gasteiger partial charge in [0, 0.05) is 32.9 Å². The first-order chi connectivity index (χ1) is 21.8. The Kier molecular flexibility index (Phi) is 5.54. The highest BCUT2D eigenvalue weighted by molar-refractivity contribution is 6.19. The highest BCUT2D eigenvalue weighted by atomic mass is 15.0. The molecule has 7 aromatic carbocycles. The minimum atomic E-state index is 1.16. The third-order valence-corrected chi connectivity index (χ3v) is 8.93. The highest BCUT2D eigenvalue weighted by Gasteiger charge is 2.18.